The molecular formula is C17H23N3. The molecule has 0 saturated heterocycles. The second kappa shape index (κ2) is 5.95. The van der Waals surface area contributed by atoms with Gasteiger partial charge in [0.1, 0.15) is 5.84 Å². The molecule has 0 aliphatic rings. The zero-order valence-corrected chi connectivity index (χ0v) is 12.5. The molecule has 3 heteroatoms. The molecule has 3 N–H and O–H groups in total. The van der Waals surface area contributed by atoms with E-state index in [1.807, 2.05) is 24.3 Å². The van der Waals surface area contributed by atoms with Crippen molar-refractivity contribution in [2.45, 2.75) is 20.3 Å². The molecule has 3 nitrogen and oxygen atoms in total. The van der Waals surface area contributed by atoms with Crippen molar-refractivity contribution in [3.05, 3.63) is 42.0 Å². The van der Waals surface area contributed by atoms with Gasteiger partial charge in [0.05, 0.1) is 0 Å². The van der Waals surface area contributed by atoms with Crippen LogP contribution in [0.2, 0.25) is 0 Å². The Labute approximate surface area is 120 Å². The third-order valence-electron chi connectivity index (χ3n) is 3.64. The number of benzene rings is 2. The van der Waals surface area contributed by atoms with Gasteiger partial charge < -0.3 is 10.6 Å². The minimum atomic E-state index is 0.123. The first kappa shape index (κ1) is 14.4. The van der Waals surface area contributed by atoms with Gasteiger partial charge in [0.15, 0.2) is 0 Å². The minimum absolute atomic E-state index is 0.123. The standard InChI is InChI=1S/C17H23N3/c1-12(2)10-11-20(3)16-9-8-15(17(18)19)13-6-4-5-7-14(13)16/h4-9,12H,10-11H2,1-3H3,(H3,18,19). The highest BCUT2D eigenvalue weighted by Crippen LogP contribution is 2.29. The van der Waals surface area contributed by atoms with Gasteiger partial charge in [-0.1, -0.05) is 38.1 Å². The molecule has 2 rings (SSSR count). The predicted octanol–water partition coefficient (Wildman–Crippen LogP) is 3.61. The van der Waals surface area contributed by atoms with Crippen molar-refractivity contribution in [1.29, 1.82) is 5.41 Å². The maximum atomic E-state index is 7.70. The molecule has 2 aromatic carbocycles. The molecule has 0 aliphatic carbocycles. The Balaban J connectivity index is 2.45. The fourth-order valence-electron chi connectivity index (χ4n) is 2.42. The molecule has 106 valence electrons. The summed E-state index contributed by atoms with van der Waals surface area (Å²) in [4.78, 5) is 2.28. The number of nitrogens with one attached hydrogen (secondary N) is 1. The Morgan fingerprint density at radius 1 is 1.15 bits per heavy atom. The largest absolute Gasteiger partial charge is 0.384 e. The number of anilines is 1. The highest BCUT2D eigenvalue weighted by Gasteiger charge is 2.10. The quantitative estimate of drug-likeness (QED) is 0.643. The zero-order chi connectivity index (χ0) is 14.7. The van der Waals surface area contributed by atoms with Gasteiger partial charge in [-0.2, -0.15) is 0 Å². The summed E-state index contributed by atoms with van der Waals surface area (Å²) in [6.07, 6.45) is 1.17. The van der Waals surface area contributed by atoms with E-state index < -0.39 is 0 Å². The summed E-state index contributed by atoms with van der Waals surface area (Å²) in [6.45, 7) is 5.51. The molecule has 0 aromatic heterocycles. The second-order valence-electron chi connectivity index (χ2n) is 5.70. The Morgan fingerprint density at radius 2 is 1.80 bits per heavy atom. The van der Waals surface area contributed by atoms with E-state index in [0.717, 1.165) is 22.9 Å². The summed E-state index contributed by atoms with van der Waals surface area (Å²) in [5, 5.41) is 9.91. The number of rotatable bonds is 5. The van der Waals surface area contributed by atoms with Crippen LogP contribution < -0.4 is 10.6 Å². The van der Waals surface area contributed by atoms with Crippen LogP contribution in [0, 0.1) is 11.3 Å². The first-order valence-electron chi connectivity index (χ1n) is 7.08. The van der Waals surface area contributed by atoms with Crippen LogP contribution in [0.3, 0.4) is 0 Å². The maximum absolute atomic E-state index is 7.70. The van der Waals surface area contributed by atoms with E-state index in [0.29, 0.717) is 5.92 Å². The fraction of sp³-hybridized carbons (Fsp3) is 0.353. The monoisotopic (exact) mass is 269 g/mol. The van der Waals surface area contributed by atoms with Gasteiger partial charge in [-0.25, -0.2) is 0 Å². The summed E-state index contributed by atoms with van der Waals surface area (Å²) in [5.74, 6) is 0.817. The Hall–Kier alpha value is -2.03. The van der Waals surface area contributed by atoms with Crippen molar-refractivity contribution < 1.29 is 0 Å². The van der Waals surface area contributed by atoms with E-state index >= 15 is 0 Å². The molecule has 0 saturated carbocycles. The number of nitrogens with zero attached hydrogens (tertiary/aromatic N) is 1. The normalized spacial score (nSPS) is 11.0. The number of hydrogen-bond acceptors (Lipinski definition) is 2. The van der Waals surface area contributed by atoms with E-state index in [1.165, 1.54) is 12.1 Å². The number of nitrogen functional groups attached to an aromatic ring is 1. The van der Waals surface area contributed by atoms with Crippen molar-refractivity contribution in [1.82, 2.24) is 0 Å². The van der Waals surface area contributed by atoms with Crippen molar-refractivity contribution in [2.24, 2.45) is 11.7 Å². The first-order chi connectivity index (χ1) is 9.50. The van der Waals surface area contributed by atoms with Gasteiger partial charge in [0.2, 0.25) is 0 Å². The van der Waals surface area contributed by atoms with Gasteiger partial charge in [-0.3, -0.25) is 5.41 Å². The maximum Gasteiger partial charge on any atom is 0.123 e. The van der Waals surface area contributed by atoms with E-state index in [4.69, 9.17) is 11.1 Å². The molecule has 0 amide bonds. The minimum Gasteiger partial charge on any atom is -0.384 e. The van der Waals surface area contributed by atoms with Crippen LogP contribution in [0.25, 0.3) is 10.8 Å². The van der Waals surface area contributed by atoms with Crippen molar-refractivity contribution in [3.8, 4) is 0 Å². The van der Waals surface area contributed by atoms with Crippen molar-refractivity contribution >= 4 is 22.3 Å². The van der Waals surface area contributed by atoms with Crippen LogP contribution in [0.1, 0.15) is 25.8 Å². The molecule has 0 atom stereocenters. The van der Waals surface area contributed by atoms with E-state index in [2.05, 4.69) is 37.9 Å². The fourth-order valence-corrected chi connectivity index (χ4v) is 2.42. The molecule has 20 heavy (non-hydrogen) atoms. The lowest BCUT2D eigenvalue weighted by molar-refractivity contribution is 0.585. The average Bonchev–Trinajstić information content (AvgIpc) is 2.43. The van der Waals surface area contributed by atoms with Gasteiger partial charge in [-0.05, 0) is 29.9 Å². The van der Waals surface area contributed by atoms with Gasteiger partial charge in [0.25, 0.3) is 0 Å². The predicted molar refractivity (Wildman–Crippen MR) is 87.7 cm³/mol. The third-order valence-corrected chi connectivity index (χ3v) is 3.64. The number of amidine groups is 1. The van der Waals surface area contributed by atoms with E-state index in [-0.39, 0.29) is 5.84 Å². The second-order valence-corrected chi connectivity index (χ2v) is 5.70. The van der Waals surface area contributed by atoms with E-state index in [1.54, 1.807) is 0 Å². The molecule has 0 radical (unpaired) electrons. The summed E-state index contributed by atoms with van der Waals surface area (Å²) in [7, 11) is 2.12. The lowest BCUT2D eigenvalue weighted by Crippen LogP contribution is -2.20. The summed E-state index contributed by atoms with van der Waals surface area (Å²) in [6, 6.07) is 12.2. The number of hydrogen-bond donors (Lipinski definition) is 2. The Morgan fingerprint density at radius 3 is 2.40 bits per heavy atom. The smallest absolute Gasteiger partial charge is 0.123 e. The first-order valence-corrected chi connectivity index (χ1v) is 7.08. The molecule has 0 fully saturated rings. The van der Waals surface area contributed by atoms with E-state index in [9.17, 15) is 0 Å². The van der Waals surface area contributed by atoms with Crippen LogP contribution in [0.15, 0.2) is 36.4 Å². The van der Waals surface area contributed by atoms with Crippen molar-refractivity contribution in [2.75, 3.05) is 18.5 Å². The lowest BCUT2D eigenvalue weighted by Gasteiger charge is -2.23. The Kier molecular flexibility index (Phi) is 4.28. The van der Waals surface area contributed by atoms with Gasteiger partial charge in [0, 0.05) is 30.2 Å². The van der Waals surface area contributed by atoms with Gasteiger partial charge >= 0.3 is 0 Å². The molecule has 2 aromatic rings. The highest BCUT2D eigenvalue weighted by molar-refractivity contribution is 6.10. The van der Waals surface area contributed by atoms with Crippen LogP contribution in [-0.4, -0.2) is 19.4 Å². The zero-order valence-electron chi connectivity index (χ0n) is 12.5. The molecule has 0 spiro atoms. The highest BCUT2D eigenvalue weighted by atomic mass is 15.1. The molecular weight excluding hydrogens is 246 g/mol. The average molecular weight is 269 g/mol. The molecule has 0 aliphatic heterocycles. The lowest BCUT2D eigenvalue weighted by atomic mass is 10.0. The van der Waals surface area contributed by atoms with Crippen molar-refractivity contribution in [3.63, 3.8) is 0 Å². The van der Waals surface area contributed by atoms with Gasteiger partial charge in [-0.15, -0.1) is 0 Å². The number of fused-ring (bicyclic) bond motifs is 1. The van der Waals surface area contributed by atoms with Crippen LogP contribution in [0.4, 0.5) is 5.69 Å². The Bertz CT molecular complexity index is 617. The number of nitrogens with two attached hydrogens (primary N) is 1. The van der Waals surface area contributed by atoms with Crippen LogP contribution in [0.5, 0.6) is 0 Å². The summed E-state index contributed by atoms with van der Waals surface area (Å²) < 4.78 is 0. The topological polar surface area (TPSA) is 53.1 Å². The molecule has 0 bridgehead atoms. The van der Waals surface area contributed by atoms with Crippen LogP contribution in [-0.2, 0) is 0 Å². The molecule has 0 heterocycles. The summed E-state index contributed by atoms with van der Waals surface area (Å²) in [5.41, 5.74) is 7.68. The van der Waals surface area contributed by atoms with Crippen LogP contribution >= 0.6 is 0 Å². The molecule has 0 unspecified atom stereocenters. The SMILES string of the molecule is CC(C)CCN(C)c1ccc(C(=N)N)c2ccccc12. The third kappa shape index (κ3) is 2.93. The summed E-state index contributed by atoms with van der Waals surface area (Å²) >= 11 is 0.